The van der Waals surface area contributed by atoms with Crippen LogP contribution in [0.3, 0.4) is 0 Å². The van der Waals surface area contributed by atoms with Crippen LogP contribution in [-0.4, -0.2) is 15.6 Å². The molecule has 0 bridgehead atoms. The van der Waals surface area contributed by atoms with Crippen molar-refractivity contribution in [2.75, 3.05) is 5.43 Å². The van der Waals surface area contributed by atoms with E-state index in [1.807, 2.05) is 36.4 Å². The minimum atomic E-state index is -0.489. The Bertz CT molecular complexity index is 1200. The highest BCUT2D eigenvalue weighted by molar-refractivity contribution is 6.34. The zero-order valence-corrected chi connectivity index (χ0v) is 14.9. The van der Waals surface area contributed by atoms with Crippen LogP contribution in [0.15, 0.2) is 83.7 Å². The highest BCUT2D eigenvalue weighted by Gasteiger charge is 2.16. The summed E-state index contributed by atoms with van der Waals surface area (Å²) in [5.41, 5.74) is 3.83. The molecule has 0 unspecified atom stereocenters. The van der Waals surface area contributed by atoms with E-state index in [2.05, 4.69) is 10.4 Å². The van der Waals surface area contributed by atoms with Crippen molar-refractivity contribution in [3.63, 3.8) is 0 Å². The maximum Gasteiger partial charge on any atom is 0.280 e. The van der Waals surface area contributed by atoms with Gasteiger partial charge in [-0.2, -0.15) is 4.68 Å². The smallest absolute Gasteiger partial charge is 0.267 e. The molecule has 0 saturated heterocycles. The summed E-state index contributed by atoms with van der Waals surface area (Å²) in [5.74, 6) is -0.142. The van der Waals surface area contributed by atoms with Crippen LogP contribution in [0.1, 0.15) is 10.4 Å². The maximum absolute atomic E-state index is 13.0. The van der Waals surface area contributed by atoms with Gasteiger partial charge in [0.25, 0.3) is 11.5 Å². The van der Waals surface area contributed by atoms with E-state index in [0.29, 0.717) is 27.3 Å². The molecule has 27 heavy (non-hydrogen) atoms. The lowest BCUT2D eigenvalue weighted by Crippen LogP contribution is -2.35. The van der Waals surface area contributed by atoms with Crippen molar-refractivity contribution in [2.45, 2.75) is 0 Å². The monoisotopic (exact) mass is 375 g/mol. The van der Waals surface area contributed by atoms with Crippen molar-refractivity contribution in [1.29, 1.82) is 0 Å². The van der Waals surface area contributed by atoms with Crippen LogP contribution in [0.2, 0.25) is 5.02 Å². The number of hydrogen-bond donors (Lipinski definition) is 1. The Morgan fingerprint density at radius 3 is 2.33 bits per heavy atom. The fourth-order valence-corrected chi connectivity index (χ4v) is 3.05. The first-order valence-corrected chi connectivity index (χ1v) is 8.66. The lowest BCUT2D eigenvalue weighted by atomic mass is 10.2. The lowest BCUT2D eigenvalue weighted by Gasteiger charge is -2.15. The zero-order valence-electron chi connectivity index (χ0n) is 14.1. The second-order valence-corrected chi connectivity index (χ2v) is 6.29. The summed E-state index contributed by atoms with van der Waals surface area (Å²) in [6.07, 6.45) is 0. The first kappa shape index (κ1) is 17.0. The van der Waals surface area contributed by atoms with Gasteiger partial charge in [0.2, 0.25) is 0 Å². The van der Waals surface area contributed by atoms with Crippen LogP contribution < -0.4 is 11.0 Å². The minimum Gasteiger partial charge on any atom is -0.267 e. The molecule has 5 nitrogen and oxygen atoms in total. The number of carbonyl (C=O) groups excluding carboxylic acids is 1. The van der Waals surface area contributed by atoms with Gasteiger partial charge in [-0.25, -0.2) is 4.98 Å². The van der Waals surface area contributed by atoms with E-state index in [4.69, 9.17) is 11.6 Å². The maximum atomic E-state index is 13.0. The van der Waals surface area contributed by atoms with Crippen LogP contribution in [0.4, 0.5) is 0 Å². The molecule has 0 aliphatic heterocycles. The summed E-state index contributed by atoms with van der Waals surface area (Å²) in [4.78, 5) is 30.4. The molecule has 132 valence electrons. The molecule has 1 aromatic heterocycles. The molecule has 0 radical (unpaired) electrons. The normalized spacial score (nSPS) is 10.7. The van der Waals surface area contributed by atoms with Gasteiger partial charge in [0.1, 0.15) is 0 Å². The second kappa shape index (κ2) is 7.05. The average molecular weight is 376 g/mol. The Hall–Kier alpha value is -3.44. The fourth-order valence-electron chi connectivity index (χ4n) is 2.82. The number of rotatable bonds is 3. The number of halogens is 1. The lowest BCUT2D eigenvalue weighted by molar-refractivity contribution is 0.101. The molecule has 4 aromatic rings. The van der Waals surface area contributed by atoms with Gasteiger partial charge in [0.05, 0.1) is 21.5 Å². The quantitative estimate of drug-likeness (QED) is 0.586. The highest BCUT2D eigenvalue weighted by atomic mass is 35.5. The van der Waals surface area contributed by atoms with Gasteiger partial charge in [0, 0.05) is 5.56 Å². The molecular weight excluding hydrogens is 362 g/mol. The molecule has 0 spiro atoms. The molecular formula is C21H14ClN3O2. The third-order valence-corrected chi connectivity index (χ3v) is 4.47. The van der Waals surface area contributed by atoms with E-state index < -0.39 is 5.91 Å². The van der Waals surface area contributed by atoms with Crippen molar-refractivity contribution in [3.05, 3.63) is 99.8 Å². The van der Waals surface area contributed by atoms with Crippen LogP contribution in [0.5, 0.6) is 0 Å². The van der Waals surface area contributed by atoms with E-state index in [9.17, 15) is 9.59 Å². The number of amides is 1. The van der Waals surface area contributed by atoms with Crippen LogP contribution >= 0.6 is 11.6 Å². The molecule has 0 saturated carbocycles. The Morgan fingerprint density at radius 2 is 1.56 bits per heavy atom. The molecule has 1 heterocycles. The number of benzene rings is 3. The summed E-state index contributed by atoms with van der Waals surface area (Å²) in [7, 11) is 0. The molecule has 6 heteroatoms. The third kappa shape index (κ3) is 3.20. The first-order valence-electron chi connectivity index (χ1n) is 8.28. The Kier molecular flexibility index (Phi) is 4.44. The standard InChI is InChI=1S/C21H14ClN3O2/c22-17-12-6-4-10-15(17)20(26)24-25-19(14-8-2-1-3-9-14)23-18-13-7-5-11-16(18)21(25)27/h1-13H,(H,24,26). The molecule has 4 rings (SSSR count). The van der Waals surface area contributed by atoms with Crippen molar-refractivity contribution in [3.8, 4) is 11.4 Å². The van der Waals surface area contributed by atoms with Gasteiger partial charge in [-0.05, 0) is 24.3 Å². The number of carbonyl (C=O) groups is 1. The van der Waals surface area contributed by atoms with Gasteiger partial charge in [-0.3, -0.25) is 15.0 Å². The second-order valence-electron chi connectivity index (χ2n) is 5.88. The topological polar surface area (TPSA) is 64.0 Å². The largest absolute Gasteiger partial charge is 0.280 e. The van der Waals surface area contributed by atoms with Crippen LogP contribution in [0, 0.1) is 0 Å². The number of hydrogen-bond acceptors (Lipinski definition) is 3. The minimum absolute atomic E-state index is 0.276. The molecule has 0 fully saturated rings. The van der Waals surface area contributed by atoms with Crippen LogP contribution in [-0.2, 0) is 0 Å². The zero-order chi connectivity index (χ0) is 18.8. The van der Waals surface area contributed by atoms with Gasteiger partial charge < -0.3 is 0 Å². The number of nitrogens with one attached hydrogen (secondary N) is 1. The average Bonchev–Trinajstić information content (AvgIpc) is 2.71. The number of fused-ring (bicyclic) bond motifs is 1. The molecule has 3 aromatic carbocycles. The summed E-state index contributed by atoms with van der Waals surface area (Å²) in [6.45, 7) is 0. The van der Waals surface area contributed by atoms with Gasteiger partial charge in [0.15, 0.2) is 5.82 Å². The number of aromatic nitrogens is 2. The van der Waals surface area contributed by atoms with Crippen molar-refractivity contribution < 1.29 is 4.79 Å². The molecule has 1 amide bonds. The summed E-state index contributed by atoms with van der Waals surface area (Å²) < 4.78 is 1.17. The number of nitrogens with zero attached hydrogens (tertiary/aromatic N) is 2. The molecule has 0 aliphatic rings. The third-order valence-electron chi connectivity index (χ3n) is 4.14. The summed E-state index contributed by atoms with van der Waals surface area (Å²) >= 11 is 6.11. The van der Waals surface area contributed by atoms with Gasteiger partial charge in [-0.1, -0.05) is 66.2 Å². The molecule has 0 atom stereocenters. The van der Waals surface area contributed by atoms with Crippen LogP contribution in [0.25, 0.3) is 22.3 Å². The summed E-state index contributed by atoms with van der Waals surface area (Å²) in [6, 6.07) is 22.9. The Labute approximate surface area is 159 Å². The predicted octanol–water partition coefficient (Wildman–Crippen LogP) is 4.10. The SMILES string of the molecule is O=C(Nn1c(-c2ccccc2)nc2ccccc2c1=O)c1ccccc1Cl. The van der Waals surface area contributed by atoms with E-state index in [-0.39, 0.29) is 11.1 Å². The van der Waals surface area contributed by atoms with Crippen molar-refractivity contribution in [2.24, 2.45) is 0 Å². The van der Waals surface area contributed by atoms with E-state index in [1.54, 1.807) is 42.5 Å². The van der Waals surface area contributed by atoms with E-state index in [0.717, 1.165) is 0 Å². The van der Waals surface area contributed by atoms with Crippen molar-refractivity contribution >= 4 is 28.4 Å². The Morgan fingerprint density at radius 1 is 0.889 bits per heavy atom. The molecule has 0 aliphatic carbocycles. The number of para-hydroxylation sites is 1. The predicted molar refractivity (Wildman–Crippen MR) is 107 cm³/mol. The fraction of sp³-hybridized carbons (Fsp3) is 0. The van der Waals surface area contributed by atoms with E-state index in [1.165, 1.54) is 4.68 Å². The van der Waals surface area contributed by atoms with Gasteiger partial charge in [-0.15, -0.1) is 0 Å². The molecule has 1 N–H and O–H groups in total. The first-order chi connectivity index (χ1) is 13.1. The van der Waals surface area contributed by atoms with Gasteiger partial charge >= 0.3 is 0 Å². The van der Waals surface area contributed by atoms with Crippen molar-refractivity contribution in [1.82, 2.24) is 9.66 Å². The highest BCUT2D eigenvalue weighted by Crippen LogP contribution is 2.19. The summed E-state index contributed by atoms with van der Waals surface area (Å²) in [5, 5.41) is 0.717. The van der Waals surface area contributed by atoms with E-state index >= 15 is 0 Å². The Balaban J connectivity index is 1.90.